The third-order valence-electron chi connectivity index (χ3n) is 2.11. The Morgan fingerprint density at radius 2 is 1.80 bits per heavy atom. The number of nitrogens with one attached hydrogen (secondary N) is 1. The van der Waals surface area contributed by atoms with Crippen LogP contribution in [0.5, 0.6) is 0 Å². The number of hydrogen-bond donors (Lipinski definition) is 1. The molecule has 0 aromatic carbocycles. The Bertz CT molecular complexity index is 315. The van der Waals surface area contributed by atoms with Crippen molar-refractivity contribution in [2.75, 3.05) is 0 Å². The van der Waals surface area contributed by atoms with Gasteiger partial charge in [-0.05, 0) is 20.8 Å². The van der Waals surface area contributed by atoms with E-state index in [0.717, 1.165) is 18.0 Å². The fourth-order valence-corrected chi connectivity index (χ4v) is 1.35. The van der Waals surface area contributed by atoms with Gasteiger partial charge in [0.05, 0.1) is 5.69 Å². The molecule has 0 bridgehead atoms. The number of aromatic nitrogens is 1. The predicted octanol–water partition coefficient (Wildman–Crippen LogP) is 2.86. The molecule has 0 aliphatic heterocycles. The SMILES string of the molecule is CC(C)(C)NCc1ncoc1C(C)(C)C. The first-order chi connectivity index (χ1) is 6.70. The van der Waals surface area contributed by atoms with E-state index in [9.17, 15) is 0 Å². The topological polar surface area (TPSA) is 38.1 Å². The van der Waals surface area contributed by atoms with E-state index in [-0.39, 0.29) is 11.0 Å². The Labute approximate surface area is 92.3 Å². The molecule has 0 saturated carbocycles. The molecule has 15 heavy (non-hydrogen) atoms. The van der Waals surface area contributed by atoms with Gasteiger partial charge in [-0.1, -0.05) is 20.8 Å². The van der Waals surface area contributed by atoms with E-state index in [2.05, 4.69) is 51.8 Å². The van der Waals surface area contributed by atoms with Gasteiger partial charge in [0.15, 0.2) is 6.39 Å². The van der Waals surface area contributed by atoms with Gasteiger partial charge in [-0.2, -0.15) is 0 Å². The molecule has 86 valence electrons. The van der Waals surface area contributed by atoms with Crippen molar-refractivity contribution in [1.29, 1.82) is 0 Å². The maximum absolute atomic E-state index is 5.44. The molecular formula is C12H22N2O. The highest BCUT2D eigenvalue weighted by molar-refractivity contribution is 5.16. The highest BCUT2D eigenvalue weighted by atomic mass is 16.3. The summed E-state index contributed by atoms with van der Waals surface area (Å²) in [6.45, 7) is 13.6. The van der Waals surface area contributed by atoms with Crippen molar-refractivity contribution in [2.24, 2.45) is 0 Å². The summed E-state index contributed by atoms with van der Waals surface area (Å²) < 4.78 is 5.44. The largest absolute Gasteiger partial charge is 0.448 e. The fourth-order valence-electron chi connectivity index (χ4n) is 1.35. The van der Waals surface area contributed by atoms with Gasteiger partial charge in [0.25, 0.3) is 0 Å². The van der Waals surface area contributed by atoms with Crippen molar-refractivity contribution in [3.05, 3.63) is 17.8 Å². The van der Waals surface area contributed by atoms with Crippen LogP contribution in [-0.2, 0) is 12.0 Å². The van der Waals surface area contributed by atoms with Gasteiger partial charge in [0.2, 0.25) is 0 Å². The summed E-state index contributed by atoms with van der Waals surface area (Å²) in [6, 6.07) is 0. The summed E-state index contributed by atoms with van der Waals surface area (Å²) in [4.78, 5) is 4.26. The molecule has 0 fully saturated rings. The molecule has 0 spiro atoms. The molecule has 0 atom stereocenters. The van der Waals surface area contributed by atoms with Crippen LogP contribution in [0, 0.1) is 0 Å². The first kappa shape index (κ1) is 12.2. The third-order valence-corrected chi connectivity index (χ3v) is 2.11. The Morgan fingerprint density at radius 3 is 2.27 bits per heavy atom. The highest BCUT2D eigenvalue weighted by Gasteiger charge is 2.23. The third kappa shape index (κ3) is 3.67. The molecule has 0 aliphatic rings. The van der Waals surface area contributed by atoms with Crippen LogP contribution in [0.25, 0.3) is 0 Å². The molecule has 0 amide bonds. The molecule has 3 heteroatoms. The van der Waals surface area contributed by atoms with E-state index in [4.69, 9.17) is 4.42 Å². The van der Waals surface area contributed by atoms with E-state index in [1.54, 1.807) is 0 Å². The predicted molar refractivity (Wildman–Crippen MR) is 61.8 cm³/mol. The van der Waals surface area contributed by atoms with Crippen LogP contribution in [-0.4, -0.2) is 10.5 Å². The quantitative estimate of drug-likeness (QED) is 0.815. The minimum absolute atomic E-state index is 0.0192. The molecule has 1 N–H and O–H groups in total. The van der Waals surface area contributed by atoms with E-state index >= 15 is 0 Å². The van der Waals surface area contributed by atoms with Gasteiger partial charge in [0.1, 0.15) is 5.76 Å². The molecule has 1 aromatic rings. The molecule has 0 unspecified atom stereocenters. The van der Waals surface area contributed by atoms with Crippen LogP contribution in [0.3, 0.4) is 0 Å². The minimum Gasteiger partial charge on any atom is -0.448 e. The van der Waals surface area contributed by atoms with E-state index in [0.29, 0.717) is 0 Å². The zero-order chi connectivity index (χ0) is 11.7. The average Bonchev–Trinajstić information content (AvgIpc) is 2.45. The second-order valence-corrected chi connectivity index (χ2v) is 5.98. The second kappa shape index (κ2) is 3.97. The zero-order valence-corrected chi connectivity index (χ0v) is 10.6. The minimum atomic E-state index is 0.0192. The van der Waals surface area contributed by atoms with Crippen LogP contribution in [0.1, 0.15) is 53.0 Å². The van der Waals surface area contributed by atoms with Crippen molar-refractivity contribution >= 4 is 0 Å². The number of nitrogens with zero attached hydrogens (tertiary/aromatic N) is 1. The van der Waals surface area contributed by atoms with Crippen molar-refractivity contribution in [2.45, 2.75) is 59.0 Å². The smallest absolute Gasteiger partial charge is 0.181 e. The van der Waals surface area contributed by atoms with Crippen molar-refractivity contribution in [3.8, 4) is 0 Å². The first-order valence-corrected chi connectivity index (χ1v) is 5.38. The van der Waals surface area contributed by atoms with E-state index in [1.807, 2.05) is 0 Å². The molecule has 1 aromatic heterocycles. The molecule has 0 aliphatic carbocycles. The van der Waals surface area contributed by atoms with Crippen LogP contribution < -0.4 is 5.32 Å². The molecule has 0 saturated heterocycles. The van der Waals surface area contributed by atoms with Gasteiger partial charge < -0.3 is 9.73 Å². The average molecular weight is 210 g/mol. The molecular weight excluding hydrogens is 188 g/mol. The normalized spacial score (nSPS) is 13.2. The van der Waals surface area contributed by atoms with Crippen LogP contribution in [0.15, 0.2) is 10.8 Å². The lowest BCUT2D eigenvalue weighted by Crippen LogP contribution is -2.35. The van der Waals surface area contributed by atoms with E-state index in [1.165, 1.54) is 6.39 Å². The Balaban J connectivity index is 2.75. The lowest BCUT2D eigenvalue weighted by molar-refractivity contribution is 0.388. The summed E-state index contributed by atoms with van der Waals surface area (Å²) >= 11 is 0. The molecule has 0 radical (unpaired) electrons. The lowest BCUT2D eigenvalue weighted by Gasteiger charge is -2.21. The van der Waals surface area contributed by atoms with Crippen molar-refractivity contribution < 1.29 is 4.42 Å². The van der Waals surface area contributed by atoms with Crippen molar-refractivity contribution in [1.82, 2.24) is 10.3 Å². The Morgan fingerprint density at radius 1 is 1.20 bits per heavy atom. The number of rotatable bonds is 2. The monoisotopic (exact) mass is 210 g/mol. The lowest BCUT2D eigenvalue weighted by atomic mass is 9.91. The summed E-state index contributed by atoms with van der Waals surface area (Å²) in [5.74, 6) is 0.972. The zero-order valence-electron chi connectivity index (χ0n) is 10.6. The van der Waals surface area contributed by atoms with Gasteiger partial charge in [-0.15, -0.1) is 0 Å². The summed E-state index contributed by atoms with van der Waals surface area (Å²) in [5.41, 5.74) is 1.14. The second-order valence-electron chi connectivity index (χ2n) is 5.98. The van der Waals surface area contributed by atoms with Crippen LogP contribution in [0.4, 0.5) is 0 Å². The fraction of sp³-hybridized carbons (Fsp3) is 0.750. The highest BCUT2D eigenvalue weighted by Crippen LogP contribution is 2.25. The van der Waals surface area contributed by atoms with Gasteiger partial charge in [0, 0.05) is 17.5 Å². The van der Waals surface area contributed by atoms with Crippen molar-refractivity contribution in [3.63, 3.8) is 0 Å². The maximum Gasteiger partial charge on any atom is 0.181 e. The first-order valence-electron chi connectivity index (χ1n) is 5.38. The maximum atomic E-state index is 5.44. The van der Waals surface area contributed by atoms with Crippen LogP contribution in [0.2, 0.25) is 0 Å². The Kier molecular flexibility index (Phi) is 3.24. The molecule has 1 rings (SSSR count). The van der Waals surface area contributed by atoms with Gasteiger partial charge in [-0.3, -0.25) is 0 Å². The van der Waals surface area contributed by atoms with E-state index < -0.39 is 0 Å². The van der Waals surface area contributed by atoms with Gasteiger partial charge in [-0.25, -0.2) is 4.98 Å². The summed E-state index contributed by atoms with van der Waals surface area (Å²) in [5, 5.41) is 3.41. The summed E-state index contributed by atoms with van der Waals surface area (Å²) in [6.07, 6.45) is 1.53. The van der Waals surface area contributed by atoms with Crippen LogP contribution >= 0.6 is 0 Å². The van der Waals surface area contributed by atoms with Gasteiger partial charge >= 0.3 is 0 Å². The summed E-state index contributed by atoms with van der Waals surface area (Å²) in [7, 11) is 0. The Hall–Kier alpha value is -0.830. The number of hydrogen-bond acceptors (Lipinski definition) is 3. The number of oxazole rings is 1. The molecule has 1 heterocycles. The molecule has 3 nitrogen and oxygen atoms in total. The standard InChI is InChI=1S/C12H22N2O/c1-11(2,3)10-9(13-8-15-10)7-14-12(4,5)6/h8,14H,7H2,1-6H3.